The smallest absolute Gasteiger partial charge is 0.341 e. The van der Waals surface area contributed by atoms with Gasteiger partial charge in [0.2, 0.25) is 5.91 Å². The van der Waals surface area contributed by atoms with Gasteiger partial charge in [-0.05, 0) is 22.0 Å². The predicted octanol–water partition coefficient (Wildman–Crippen LogP) is 1.90. The van der Waals surface area contributed by atoms with E-state index >= 15 is 0 Å². The zero-order valence-electron chi connectivity index (χ0n) is 8.70. The fraction of sp³-hybridized carbons (Fsp3) is 0.200. The van der Waals surface area contributed by atoms with Gasteiger partial charge in [0.05, 0.1) is 12.8 Å². The van der Waals surface area contributed by atoms with Gasteiger partial charge in [-0.3, -0.25) is 4.79 Å². The molecule has 1 amide bonds. The molecule has 0 bridgehead atoms. The average molecular weight is 288 g/mol. The number of esters is 1. The standard InChI is InChI=1S/C10H10BrNO4/c1-5(13)12-8-4-9(14)6(3-7(8)11)10(15)16-2/h3-4,14H,1-2H3,(H,12,13). The van der Waals surface area contributed by atoms with Crippen molar-refractivity contribution in [3.8, 4) is 5.75 Å². The van der Waals surface area contributed by atoms with Crippen molar-refractivity contribution in [1.82, 2.24) is 0 Å². The fourth-order valence-electron chi connectivity index (χ4n) is 1.12. The third-order valence-electron chi connectivity index (χ3n) is 1.80. The van der Waals surface area contributed by atoms with Gasteiger partial charge in [-0.2, -0.15) is 0 Å². The molecule has 0 aliphatic carbocycles. The van der Waals surface area contributed by atoms with Crippen LogP contribution in [0.15, 0.2) is 16.6 Å². The Morgan fingerprint density at radius 1 is 1.44 bits per heavy atom. The fourth-order valence-corrected chi connectivity index (χ4v) is 1.56. The number of aromatic hydroxyl groups is 1. The first-order chi connectivity index (χ1) is 7.45. The van der Waals surface area contributed by atoms with E-state index in [4.69, 9.17) is 0 Å². The van der Waals surface area contributed by atoms with Crippen LogP contribution in [0.5, 0.6) is 5.75 Å². The Bertz CT molecular complexity index is 445. The van der Waals surface area contributed by atoms with E-state index in [1.165, 1.54) is 26.2 Å². The van der Waals surface area contributed by atoms with Crippen LogP contribution < -0.4 is 5.32 Å². The summed E-state index contributed by atoms with van der Waals surface area (Å²) in [5.74, 6) is -1.17. The molecule has 0 aromatic heterocycles. The number of halogens is 1. The minimum atomic E-state index is -0.646. The molecular formula is C10H10BrNO4. The predicted molar refractivity (Wildman–Crippen MR) is 61.5 cm³/mol. The number of ether oxygens (including phenoxy) is 1. The van der Waals surface area contributed by atoms with Gasteiger partial charge in [-0.25, -0.2) is 4.79 Å². The highest BCUT2D eigenvalue weighted by molar-refractivity contribution is 9.10. The first-order valence-corrected chi connectivity index (χ1v) is 5.13. The van der Waals surface area contributed by atoms with Crippen molar-refractivity contribution in [3.63, 3.8) is 0 Å². The lowest BCUT2D eigenvalue weighted by Gasteiger charge is -2.08. The van der Waals surface area contributed by atoms with Crippen LogP contribution in [0.4, 0.5) is 5.69 Å². The summed E-state index contributed by atoms with van der Waals surface area (Å²) in [6.45, 7) is 1.34. The second-order valence-electron chi connectivity index (χ2n) is 3.02. The molecule has 0 saturated carbocycles. The van der Waals surface area contributed by atoms with Crippen molar-refractivity contribution in [2.45, 2.75) is 6.92 Å². The number of phenolic OH excluding ortho intramolecular Hbond substituents is 1. The van der Waals surface area contributed by atoms with Gasteiger partial charge in [0, 0.05) is 17.5 Å². The molecule has 1 aromatic carbocycles. The third-order valence-corrected chi connectivity index (χ3v) is 2.46. The normalized spacial score (nSPS) is 9.69. The summed E-state index contributed by atoms with van der Waals surface area (Å²) in [4.78, 5) is 22.1. The molecule has 1 rings (SSSR count). The second kappa shape index (κ2) is 4.98. The maximum absolute atomic E-state index is 11.2. The lowest BCUT2D eigenvalue weighted by Crippen LogP contribution is -2.08. The molecule has 0 fully saturated rings. The van der Waals surface area contributed by atoms with Gasteiger partial charge in [-0.15, -0.1) is 0 Å². The Balaban J connectivity index is 3.16. The van der Waals surface area contributed by atoms with E-state index in [9.17, 15) is 14.7 Å². The van der Waals surface area contributed by atoms with E-state index in [0.717, 1.165) is 0 Å². The summed E-state index contributed by atoms with van der Waals surface area (Å²) in [6.07, 6.45) is 0. The molecule has 0 saturated heterocycles. The van der Waals surface area contributed by atoms with Gasteiger partial charge in [0.15, 0.2) is 0 Å². The van der Waals surface area contributed by atoms with Crippen LogP contribution in [0.3, 0.4) is 0 Å². The summed E-state index contributed by atoms with van der Waals surface area (Å²) < 4.78 is 4.97. The highest BCUT2D eigenvalue weighted by atomic mass is 79.9. The van der Waals surface area contributed by atoms with E-state index in [2.05, 4.69) is 26.0 Å². The molecule has 0 radical (unpaired) electrons. The van der Waals surface area contributed by atoms with Crippen molar-refractivity contribution in [1.29, 1.82) is 0 Å². The molecule has 0 aliphatic rings. The number of carbonyl (C=O) groups excluding carboxylic acids is 2. The maximum Gasteiger partial charge on any atom is 0.341 e. The number of benzene rings is 1. The molecule has 16 heavy (non-hydrogen) atoms. The van der Waals surface area contributed by atoms with Crippen molar-refractivity contribution in [2.75, 3.05) is 12.4 Å². The Morgan fingerprint density at radius 3 is 2.56 bits per heavy atom. The topological polar surface area (TPSA) is 75.6 Å². The summed E-state index contributed by atoms with van der Waals surface area (Å²) in [5, 5.41) is 12.1. The van der Waals surface area contributed by atoms with E-state index in [0.29, 0.717) is 10.2 Å². The SMILES string of the molecule is COC(=O)c1cc(Br)c(NC(C)=O)cc1O. The zero-order chi connectivity index (χ0) is 12.3. The van der Waals surface area contributed by atoms with Crippen LogP contribution in [0.2, 0.25) is 0 Å². The minimum absolute atomic E-state index is 0.0310. The number of hydrogen-bond donors (Lipinski definition) is 2. The first kappa shape index (κ1) is 12.5. The Morgan fingerprint density at radius 2 is 2.06 bits per heavy atom. The van der Waals surface area contributed by atoms with Gasteiger partial charge in [-0.1, -0.05) is 0 Å². The lowest BCUT2D eigenvalue weighted by molar-refractivity contribution is -0.114. The highest BCUT2D eigenvalue weighted by Crippen LogP contribution is 2.30. The molecule has 1 aromatic rings. The maximum atomic E-state index is 11.2. The number of rotatable bonds is 2. The van der Waals surface area contributed by atoms with E-state index in [-0.39, 0.29) is 17.2 Å². The third kappa shape index (κ3) is 2.73. The summed E-state index contributed by atoms with van der Waals surface area (Å²) >= 11 is 3.17. The monoisotopic (exact) mass is 287 g/mol. The molecule has 0 spiro atoms. The lowest BCUT2D eigenvalue weighted by atomic mass is 10.2. The number of phenols is 1. The molecule has 2 N–H and O–H groups in total. The van der Waals surface area contributed by atoms with Gasteiger partial charge < -0.3 is 15.2 Å². The summed E-state index contributed by atoms with van der Waals surface area (Å²) in [7, 11) is 1.22. The average Bonchev–Trinajstić information content (AvgIpc) is 2.21. The van der Waals surface area contributed by atoms with E-state index in [1.807, 2.05) is 0 Å². The molecule has 0 atom stereocenters. The number of anilines is 1. The van der Waals surface area contributed by atoms with Crippen molar-refractivity contribution in [2.24, 2.45) is 0 Å². The first-order valence-electron chi connectivity index (χ1n) is 4.34. The number of nitrogens with one attached hydrogen (secondary N) is 1. The van der Waals surface area contributed by atoms with E-state index < -0.39 is 5.97 Å². The van der Waals surface area contributed by atoms with Crippen molar-refractivity contribution in [3.05, 3.63) is 22.2 Å². The molecule has 86 valence electrons. The molecular weight excluding hydrogens is 278 g/mol. The number of amides is 1. The number of carbonyl (C=O) groups is 2. The van der Waals surface area contributed by atoms with Crippen molar-refractivity contribution < 1.29 is 19.4 Å². The van der Waals surface area contributed by atoms with Crippen LogP contribution in [-0.2, 0) is 9.53 Å². The van der Waals surface area contributed by atoms with Gasteiger partial charge in [0.25, 0.3) is 0 Å². The summed E-state index contributed by atoms with van der Waals surface area (Å²) in [5.41, 5.74) is 0.418. The highest BCUT2D eigenvalue weighted by Gasteiger charge is 2.15. The largest absolute Gasteiger partial charge is 0.507 e. The molecule has 6 heteroatoms. The van der Waals surface area contributed by atoms with Crippen molar-refractivity contribution >= 4 is 33.5 Å². The minimum Gasteiger partial charge on any atom is -0.507 e. The van der Waals surface area contributed by atoms with Crippen LogP contribution in [0.25, 0.3) is 0 Å². The molecule has 0 heterocycles. The van der Waals surface area contributed by atoms with Gasteiger partial charge >= 0.3 is 5.97 Å². The molecule has 5 nitrogen and oxygen atoms in total. The Labute approximate surface area is 101 Å². The second-order valence-corrected chi connectivity index (χ2v) is 3.88. The van der Waals surface area contributed by atoms with Crippen LogP contribution in [-0.4, -0.2) is 24.1 Å². The quantitative estimate of drug-likeness (QED) is 0.815. The van der Waals surface area contributed by atoms with Gasteiger partial charge in [0.1, 0.15) is 11.3 Å². The van der Waals surface area contributed by atoms with Crippen LogP contribution in [0.1, 0.15) is 17.3 Å². The zero-order valence-corrected chi connectivity index (χ0v) is 10.3. The van der Waals surface area contributed by atoms with Crippen LogP contribution in [0, 0.1) is 0 Å². The Hall–Kier alpha value is -1.56. The number of methoxy groups -OCH3 is 1. The number of hydrogen-bond acceptors (Lipinski definition) is 4. The molecule has 0 unspecified atom stereocenters. The Kier molecular flexibility index (Phi) is 3.89. The van der Waals surface area contributed by atoms with Crippen LogP contribution >= 0.6 is 15.9 Å². The summed E-state index contributed by atoms with van der Waals surface area (Å²) in [6, 6.07) is 2.66. The molecule has 0 aliphatic heterocycles. The van der Waals surface area contributed by atoms with E-state index in [1.54, 1.807) is 0 Å².